The molecule has 0 aliphatic rings. The first-order chi connectivity index (χ1) is 5.25. The molecule has 0 radical (unpaired) electrons. The number of carbonyl (C=O) groups excluding carboxylic acids is 1. The summed E-state index contributed by atoms with van der Waals surface area (Å²) in [6.45, 7) is 9.53. The maximum Gasteiger partial charge on any atom is 0.148 e. The van der Waals surface area contributed by atoms with Crippen LogP contribution in [0.3, 0.4) is 0 Å². The summed E-state index contributed by atoms with van der Waals surface area (Å²) in [7, 11) is 0. The van der Waals surface area contributed by atoms with E-state index in [1.807, 2.05) is 27.7 Å². The van der Waals surface area contributed by atoms with Crippen LogP contribution in [0.25, 0.3) is 0 Å². The SMILES string of the molecule is CC(=O)[C@@H](NC(C)C)C(C)(C)S. The molecule has 0 saturated heterocycles. The van der Waals surface area contributed by atoms with Gasteiger partial charge in [-0.2, -0.15) is 12.6 Å². The monoisotopic (exact) mass is 189 g/mol. The van der Waals surface area contributed by atoms with Crippen molar-refractivity contribution in [1.82, 2.24) is 5.32 Å². The van der Waals surface area contributed by atoms with Gasteiger partial charge in [0.1, 0.15) is 5.78 Å². The fourth-order valence-corrected chi connectivity index (χ4v) is 1.41. The summed E-state index contributed by atoms with van der Waals surface area (Å²) in [5, 5.41) is 3.19. The Bertz CT molecular complexity index is 160. The average Bonchev–Trinajstić information content (AvgIpc) is 1.79. The number of hydrogen-bond acceptors (Lipinski definition) is 3. The lowest BCUT2D eigenvalue weighted by Crippen LogP contribution is -2.50. The third-order valence-electron chi connectivity index (χ3n) is 1.61. The van der Waals surface area contributed by atoms with Gasteiger partial charge in [-0.3, -0.25) is 4.79 Å². The Morgan fingerprint density at radius 2 is 1.83 bits per heavy atom. The van der Waals surface area contributed by atoms with E-state index in [2.05, 4.69) is 17.9 Å². The Labute approximate surface area is 80.5 Å². The van der Waals surface area contributed by atoms with E-state index in [0.29, 0.717) is 6.04 Å². The minimum absolute atomic E-state index is 0.142. The molecule has 0 spiro atoms. The topological polar surface area (TPSA) is 29.1 Å². The highest BCUT2D eigenvalue weighted by Crippen LogP contribution is 2.18. The number of ketones is 1. The van der Waals surface area contributed by atoms with Gasteiger partial charge in [-0.25, -0.2) is 0 Å². The van der Waals surface area contributed by atoms with E-state index in [9.17, 15) is 4.79 Å². The summed E-state index contributed by atoms with van der Waals surface area (Å²) in [4.78, 5) is 11.2. The summed E-state index contributed by atoms with van der Waals surface area (Å²) >= 11 is 4.38. The van der Waals surface area contributed by atoms with Gasteiger partial charge >= 0.3 is 0 Å². The van der Waals surface area contributed by atoms with Crippen molar-refractivity contribution >= 4 is 18.4 Å². The van der Waals surface area contributed by atoms with Gasteiger partial charge in [0.15, 0.2) is 0 Å². The molecule has 0 heterocycles. The fraction of sp³-hybridized carbons (Fsp3) is 0.889. The van der Waals surface area contributed by atoms with E-state index >= 15 is 0 Å². The summed E-state index contributed by atoms with van der Waals surface area (Å²) in [5.41, 5.74) is 0. The van der Waals surface area contributed by atoms with Crippen molar-refractivity contribution in [2.75, 3.05) is 0 Å². The van der Waals surface area contributed by atoms with Crippen LogP contribution in [0.15, 0.2) is 0 Å². The molecule has 72 valence electrons. The molecule has 0 aliphatic heterocycles. The second kappa shape index (κ2) is 4.28. The molecule has 1 atom stereocenters. The van der Waals surface area contributed by atoms with E-state index in [1.54, 1.807) is 6.92 Å². The quantitative estimate of drug-likeness (QED) is 0.658. The molecule has 0 bridgehead atoms. The van der Waals surface area contributed by atoms with Crippen molar-refractivity contribution < 1.29 is 4.79 Å². The molecule has 0 rings (SSSR count). The Hall–Kier alpha value is -0.0200. The van der Waals surface area contributed by atoms with Crippen LogP contribution in [-0.2, 0) is 4.79 Å². The molecular weight excluding hydrogens is 170 g/mol. The Kier molecular flexibility index (Phi) is 4.28. The van der Waals surface area contributed by atoms with Gasteiger partial charge < -0.3 is 5.32 Å². The summed E-state index contributed by atoms with van der Waals surface area (Å²) < 4.78 is -0.296. The molecule has 0 aromatic heterocycles. The van der Waals surface area contributed by atoms with E-state index in [-0.39, 0.29) is 16.6 Å². The zero-order valence-corrected chi connectivity index (χ0v) is 9.40. The Morgan fingerprint density at radius 3 is 1.92 bits per heavy atom. The van der Waals surface area contributed by atoms with Gasteiger partial charge in [-0.1, -0.05) is 13.8 Å². The third kappa shape index (κ3) is 4.12. The van der Waals surface area contributed by atoms with Crippen LogP contribution in [0.4, 0.5) is 0 Å². The van der Waals surface area contributed by atoms with Crippen LogP contribution in [0.5, 0.6) is 0 Å². The first-order valence-electron chi connectivity index (χ1n) is 4.24. The normalized spacial score (nSPS) is 14.9. The van der Waals surface area contributed by atoms with Crippen LogP contribution >= 0.6 is 12.6 Å². The molecule has 0 saturated carbocycles. The summed E-state index contributed by atoms with van der Waals surface area (Å²) in [6, 6.07) is 0.145. The highest BCUT2D eigenvalue weighted by molar-refractivity contribution is 7.81. The summed E-state index contributed by atoms with van der Waals surface area (Å²) in [5.74, 6) is 0.142. The third-order valence-corrected chi connectivity index (χ3v) is 1.87. The molecule has 0 amide bonds. The van der Waals surface area contributed by atoms with E-state index in [4.69, 9.17) is 0 Å². The van der Waals surface area contributed by atoms with Crippen molar-refractivity contribution in [1.29, 1.82) is 0 Å². The minimum Gasteiger partial charge on any atom is -0.304 e. The van der Waals surface area contributed by atoms with Gasteiger partial charge in [0.05, 0.1) is 6.04 Å². The number of carbonyl (C=O) groups is 1. The van der Waals surface area contributed by atoms with Crippen LogP contribution in [-0.4, -0.2) is 22.6 Å². The second-order valence-electron chi connectivity index (χ2n) is 4.02. The number of hydrogen-bond donors (Lipinski definition) is 2. The number of thiol groups is 1. The van der Waals surface area contributed by atoms with Crippen molar-refractivity contribution in [3.05, 3.63) is 0 Å². The standard InChI is InChI=1S/C9H19NOS/c1-6(2)10-8(7(3)11)9(4,5)12/h6,8,10,12H,1-5H3/t8-/m1/s1. The molecule has 1 N–H and O–H groups in total. The van der Waals surface area contributed by atoms with Crippen LogP contribution < -0.4 is 5.32 Å². The largest absolute Gasteiger partial charge is 0.304 e. The predicted molar refractivity (Wildman–Crippen MR) is 55.8 cm³/mol. The molecule has 0 aromatic rings. The molecule has 0 unspecified atom stereocenters. The maximum atomic E-state index is 11.2. The van der Waals surface area contributed by atoms with Crippen molar-refractivity contribution in [3.63, 3.8) is 0 Å². The zero-order valence-electron chi connectivity index (χ0n) is 8.51. The van der Waals surface area contributed by atoms with Crippen molar-refractivity contribution in [2.45, 2.75) is 51.4 Å². The lowest BCUT2D eigenvalue weighted by molar-refractivity contribution is -0.119. The Morgan fingerprint density at radius 1 is 1.42 bits per heavy atom. The molecule has 0 aromatic carbocycles. The predicted octanol–water partition coefficient (Wildman–Crippen LogP) is 1.65. The number of nitrogens with one attached hydrogen (secondary N) is 1. The second-order valence-corrected chi connectivity index (χ2v) is 5.17. The van der Waals surface area contributed by atoms with Crippen molar-refractivity contribution in [2.24, 2.45) is 0 Å². The van der Waals surface area contributed by atoms with Gasteiger partial charge in [-0.05, 0) is 20.8 Å². The molecule has 12 heavy (non-hydrogen) atoms. The molecule has 3 heteroatoms. The molecule has 0 aliphatic carbocycles. The van der Waals surface area contributed by atoms with Gasteiger partial charge in [0.2, 0.25) is 0 Å². The zero-order chi connectivity index (χ0) is 9.94. The summed E-state index contributed by atoms with van der Waals surface area (Å²) in [6.07, 6.45) is 0. The van der Waals surface area contributed by atoms with E-state index in [0.717, 1.165) is 0 Å². The van der Waals surface area contributed by atoms with Crippen molar-refractivity contribution in [3.8, 4) is 0 Å². The fourth-order valence-electron chi connectivity index (χ4n) is 1.15. The first kappa shape index (κ1) is 12.0. The maximum absolute atomic E-state index is 11.2. The van der Waals surface area contributed by atoms with Crippen LogP contribution in [0.2, 0.25) is 0 Å². The molecule has 0 fully saturated rings. The molecule has 2 nitrogen and oxygen atoms in total. The number of rotatable bonds is 4. The first-order valence-corrected chi connectivity index (χ1v) is 4.68. The lowest BCUT2D eigenvalue weighted by atomic mass is 9.99. The molecular formula is C9H19NOS. The van der Waals surface area contributed by atoms with Crippen LogP contribution in [0.1, 0.15) is 34.6 Å². The van der Waals surface area contributed by atoms with Gasteiger partial charge in [0, 0.05) is 10.8 Å². The smallest absolute Gasteiger partial charge is 0.148 e. The minimum atomic E-state index is -0.296. The number of Topliss-reactive ketones (excluding diaryl/α,β-unsaturated/α-hetero) is 1. The van der Waals surface area contributed by atoms with Gasteiger partial charge in [0.25, 0.3) is 0 Å². The van der Waals surface area contributed by atoms with E-state index < -0.39 is 0 Å². The highest BCUT2D eigenvalue weighted by atomic mass is 32.1. The Balaban J connectivity index is 4.35. The highest BCUT2D eigenvalue weighted by Gasteiger charge is 2.29. The van der Waals surface area contributed by atoms with Gasteiger partial charge in [-0.15, -0.1) is 0 Å². The van der Waals surface area contributed by atoms with E-state index in [1.165, 1.54) is 0 Å². The van der Waals surface area contributed by atoms with Crippen LogP contribution in [0, 0.1) is 0 Å². The average molecular weight is 189 g/mol. The lowest BCUT2D eigenvalue weighted by Gasteiger charge is -2.30.